The number of nitrogens with one attached hydrogen (secondary N) is 2. The molecular formula is C15H27N3O3. The van der Waals surface area contributed by atoms with Crippen LogP contribution in [0.1, 0.15) is 32.6 Å². The van der Waals surface area contributed by atoms with Gasteiger partial charge in [0, 0.05) is 46.2 Å². The van der Waals surface area contributed by atoms with Gasteiger partial charge in [-0.25, -0.2) is 0 Å². The molecule has 0 aliphatic carbocycles. The monoisotopic (exact) mass is 297 g/mol. The highest BCUT2D eigenvalue weighted by molar-refractivity contribution is 5.97. The van der Waals surface area contributed by atoms with E-state index in [0.29, 0.717) is 26.3 Å². The van der Waals surface area contributed by atoms with E-state index < -0.39 is 0 Å². The summed E-state index contributed by atoms with van der Waals surface area (Å²) in [7, 11) is 1.63. The van der Waals surface area contributed by atoms with E-state index in [0.717, 1.165) is 32.3 Å². The lowest BCUT2D eigenvalue weighted by Gasteiger charge is -2.06. The molecule has 6 nitrogen and oxygen atoms in total. The first-order valence-corrected chi connectivity index (χ1v) is 7.44. The van der Waals surface area contributed by atoms with Crippen molar-refractivity contribution >= 4 is 5.91 Å². The van der Waals surface area contributed by atoms with Crippen molar-refractivity contribution in [2.45, 2.75) is 32.6 Å². The molecule has 2 N–H and O–H groups in total. The van der Waals surface area contributed by atoms with Crippen LogP contribution in [-0.2, 0) is 14.3 Å². The molecule has 0 radical (unpaired) electrons. The van der Waals surface area contributed by atoms with E-state index in [4.69, 9.17) is 14.7 Å². The smallest absolute Gasteiger partial charge is 0.263 e. The van der Waals surface area contributed by atoms with Crippen LogP contribution in [0.2, 0.25) is 0 Å². The highest BCUT2D eigenvalue weighted by Crippen LogP contribution is 1.92. The SMILES string of the molecule is CCCCOCCCNC(=O)/C(C#N)=C\NCCCOC. The van der Waals surface area contributed by atoms with Crippen LogP contribution < -0.4 is 10.6 Å². The molecule has 21 heavy (non-hydrogen) atoms. The maximum Gasteiger partial charge on any atom is 0.263 e. The number of carbonyl (C=O) groups is 1. The highest BCUT2D eigenvalue weighted by atomic mass is 16.5. The number of nitrogens with zero attached hydrogens (tertiary/aromatic N) is 1. The summed E-state index contributed by atoms with van der Waals surface area (Å²) in [5.74, 6) is -0.356. The van der Waals surface area contributed by atoms with Gasteiger partial charge < -0.3 is 20.1 Å². The Morgan fingerprint density at radius 1 is 1.19 bits per heavy atom. The Labute approximate surface area is 127 Å². The fourth-order valence-corrected chi connectivity index (χ4v) is 1.46. The first-order valence-electron chi connectivity index (χ1n) is 7.44. The second kappa shape index (κ2) is 14.8. The average Bonchev–Trinajstić information content (AvgIpc) is 2.50. The van der Waals surface area contributed by atoms with Gasteiger partial charge in [-0.1, -0.05) is 13.3 Å². The normalized spacial score (nSPS) is 11.0. The maximum atomic E-state index is 11.7. The third-order valence-electron chi connectivity index (χ3n) is 2.67. The molecule has 0 aromatic rings. The second-order valence-corrected chi connectivity index (χ2v) is 4.55. The maximum absolute atomic E-state index is 11.7. The van der Waals surface area contributed by atoms with Crippen LogP contribution in [0.3, 0.4) is 0 Å². The van der Waals surface area contributed by atoms with Gasteiger partial charge in [-0.05, 0) is 19.3 Å². The number of carbonyl (C=O) groups excluding carboxylic acids is 1. The zero-order valence-electron chi connectivity index (χ0n) is 13.1. The lowest BCUT2D eigenvalue weighted by atomic mass is 10.3. The highest BCUT2D eigenvalue weighted by Gasteiger charge is 2.07. The molecule has 0 saturated heterocycles. The summed E-state index contributed by atoms with van der Waals surface area (Å²) in [4.78, 5) is 11.7. The average molecular weight is 297 g/mol. The van der Waals surface area contributed by atoms with Gasteiger partial charge in [0.2, 0.25) is 0 Å². The summed E-state index contributed by atoms with van der Waals surface area (Å²) in [6.07, 6.45) is 5.19. The van der Waals surface area contributed by atoms with Gasteiger partial charge in [0.15, 0.2) is 0 Å². The second-order valence-electron chi connectivity index (χ2n) is 4.55. The Morgan fingerprint density at radius 2 is 1.90 bits per heavy atom. The summed E-state index contributed by atoms with van der Waals surface area (Å²) in [5.41, 5.74) is 0.0827. The Kier molecular flexibility index (Phi) is 13.7. The van der Waals surface area contributed by atoms with Crippen molar-refractivity contribution in [3.8, 4) is 6.07 Å². The lowest BCUT2D eigenvalue weighted by molar-refractivity contribution is -0.117. The van der Waals surface area contributed by atoms with E-state index in [1.54, 1.807) is 7.11 Å². The quantitative estimate of drug-likeness (QED) is 0.304. The fraction of sp³-hybridized carbons (Fsp3) is 0.733. The molecule has 0 atom stereocenters. The lowest BCUT2D eigenvalue weighted by Crippen LogP contribution is -2.27. The van der Waals surface area contributed by atoms with Gasteiger partial charge in [-0.2, -0.15) is 5.26 Å². The number of amides is 1. The Balaban J connectivity index is 3.74. The molecule has 0 aliphatic rings. The fourth-order valence-electron chi connectivity index (χ4n) is 1.46. The summed E-state index contributed by atoms with van der Waals surface area (Å²) in [6, 6.07) is 1.89. The predicted octanol–water partition coefficient (Wildman–Crippen LogP) is 1.34. The number of hydrogen-bond acceptors (Lipinski definition) is 5. The van der Waals surface area contributed by atoms with Crippen LogP contribution in [0.15, 0.2) is 11.8 Å². The number of nitriles is 1. The third-order valence-corrected chi connectivity index (χ3v) is 2.67. The Morgan fingerprint density at radius 3 is 2.57 bits per heavy atom. The van der Waals surface area contributed by atoms with Crippen LogP contribution in [0.25, 0.3) is 0 Å². The molecule has 6 heteroatoms. The topological polar surface area (TPSA) is 83.4 Å². The zero-order valence-corrected chi connectivity index (χ0v) is 13.1. The Bertz CT molecular complexity index is 338. The molecular weight excluding hydrogens is 270 g/mol. The molecule has 0 aromatic heterocycles. The molecule has 0 aromatic carbocycles. The van der Waals surface area contributed by atoms with Crippen molar-refractivity contribution < 1.29 is 14.3 Å². The van der Waals surface area contributed by atoms with Crippen molar-refractivity contribution in [1.29, 1.82) is 5.26 Å². The minimum Gasteiger partial charge on any atom is -0.390 e. The minimum atomic E-state index is -0.356. The van der Waals surface area contributed by atoms with Gasteiger partial charge in [0.25, 0.3) is 5.91 Å². The number of methoxy groups -OCH3 is 1. The van der Waals surface area contributed by atoms with Gasteiger partial charge >= 0.3 is 0 Å². The molecule has 0 heterocycles. The molecule has 1 amide bonds. The van der Waals surface area contributed by atoms with Crippen molar-refractivity contribution in [1.82, 2.24) is 10.6 Å². The van der Waals surface area contributed by atoms with E-state index in [1.807, 2.05) is 6.07 Å². The molecule has 0 rings (SSSR count). The molecule has 0 aliphatic heterocycles. The molecule has 0 unspecified atom stereocenters. The molecule has 120 valence electrons. The van der Waals surface area contributed by atoms with Crippen molar-refractivity contribution in [2.24, 2.45) is 0 Å². The predicted molar refractivity (Wildman–Crippen MR) is 81.5 cm³/mol. The van der Waals surface area contributed by atoms with E-state index >= 15 is 0 Å². The summed E-state index contributed by atoms with van der Waals surface area (Å²) >= 11 is 0. The molecule has 0 spiro atoms. The number of ether oxygens (including phenoxy) is 2. The van der Waals surface area contributed by atoms with Crippen molar-refractivity contribution in [2.75, 3.05) is 40.0 Å². The first kappa shape index (κ1) is 19.4. The molecule has 0 fully saturated rings. The van der Waals surface area contributed by atoms with Gasteiger partial charge in [-0.15, -0.1) is 0 Å². The van der Waals surface area contributed by atoms with Crippen LogP contribution in [0.4, 0.5) is 0 Å². The Hall–Kier alpha value is -1.58. The van der Waals surface area contributed by atoms with Crippen molar-refractivity contribution in [3.63, 3.8) is 0 Å². The standard InChI is InChI=1S/C15H27N3O3/c1-3-4-10-21-11-6-8-18-15(19)14(12-16)13-17-7-5-9-20-2/h13,17H,3-11H2,1-2H3,(H,18,19)/b14-13-. The summed E-state index contributed by atoms with van der Waals surface area (Å²) < 4.78 is 10.3. The van der Waals surface area contributed by atoms with Crippen LogP contribution in [0.5, 0.6) is 0 Å². The van der Waals surface area contributed by atoms with E-state index in [2.05, 4.69) is 17.6 Å². The number of unbranched alkanes of at least 4 members (excludes halogenated alkanes) is 1. The minimum absolute atomic E-state index is 0.0827. The number of rotatable bonds is 13. The van der Waals surface area contributed by atoms with Crippen LogP contribution >= 0.6 is 0 Å². The molecule has 0 bridgehead atoms. The zero-order chi connectivity index (χ0) is 15.8. The largest absolute Gasteiger partial charge is 0.390 e. The van der Waals surface area contributed by atoms with Crippen LogP contribution in [0, 0.1) is 11.3 Å². The summed E-state index contributed by atoms with van der Waals surface area (Å²) in [5, 5.41) is 14.6. The van der Waals surface area contributed by atoms with Gasteiger partial charge in [-0.3, -0.25) is 4.79 Å². The first-order chi connectivity index (χ1) is 10.3. The van der Waals surface area contributed by atoms with Gasteiger partial charge in [0.1, 0.15) is 11.6 Å². The van der Waals surface area contributed by atoms with Crippen molar-refractivity contribution in [3.05, 3.63) is 11.8 Å². The molecule has 0 saturated carbocycles. The van der Waals surface area contributed by atoms with E-state index in [9.17, 15) is 4.79 Å². The van der Waals surface area contributed by atoms with Crippen LogP contribution in [-0.4, -0.2) is 45.9 Å². The third kappa shape index (κ3) is 11.9. The van der Waals surface area contributed by atoms with E-state index in [-0.39, 0.29) is 11.5 Å². The van der Waals surface area contributed by atoms with Gasteiger partial charge in [0.05, 0.1) is 0 Å². The summed E-state index contributed by atoms with van der Waals surface area (Å²) in [6.45, 7) is 5.32. The number of hydrogen-bond donors (Lipinski definition) is 2. The van der Waals surface area contributed by atoms with E-state index in [1.165, 1.54) is 6.20 Å².